The molecule has 1 aromatic carbocycles. The van der Waals surface area contributed by atoms with Gasteiger partial charge in [-0.3, -0.25) is 4.79 Å². The van der Waals surface area contributed by atoms with Crippen molar-refractivity contribution in [2.45, 2.75) is 19.9 Å². The third-order valence-corrected chi connectivity index (χ3v) is 3.42. The normalized spacial score (nSPS) is 16.2. The highest BCUT2D eigenvalue weighted by atomic mass is 35.5. The first-order chi connectivity index (χ1) is 7.13. The summed E-state index contributed by atoms with van der Waals surface area (Å²) in [7, 11) is 2.10. The van der Waals surface area contributed by atoms with Crippen LogP contribution in [0.3, 0.4) is 0 Å². The molecule has 0 saturated carbocycles. The van der Waals surface area contributed by atoms with E-state index in [0.29, 0.717) is 10.6 Å². The van der Waals surface area contributed by atoms with Crippen LogP contribution in [0.1, 0.15) is 27.0 Å². The van der Waals surface area contributed by atoms with E-state index in [4.69, 9.17) is 11.6 Å². The third-order valence-electron chi connectivity index (χ3n) is 3.10. The average Bonchev–Trinajstić information content (AvgIpc) is 2.17. The van der Waals surface area contributed by atoms with E-state index in [-0.39, 0.29) is 0 Å². The highest BCUT2D eigenvalue weighted by Gasteiger charge is 2.18. The van der Waals surface area contributed by atoms with Gasteiger partial charge in [-0.2, -0.15) is 0 Å². The summed E-state index contributed by atoms with van der Waals surface area (Å²) in [5, 5.41) is 0.580. The Morgan fingerprint density at radius 2 is 2.27 bits per heavy atom. The molecule has 0 spiro atoms. The van der Waals surface area contributed by atoms with E-state index in [1.54, 1.807) is 0 Å². The Labute approximate surface area is 94.8 Å². The van der Waals surface area contributed by atoms with Gasteiger partial charge in [-0.25, -0.2) is 0 Å². The molecule has 0 atom stereocenters. The summed E-state index contributed by atoms with van der Waals surface area (Å²) in [6, 6.07) is 1.93. The molecule has 0 radical (unpaired) electrons. The van der Waals surface area contributed by atoms with E-state index in [2.05, 4.69) is 11.9 Å². The van der Waals surface area contributed by atoms with Crippen molar-refractivity contribution in [2.75, 3.05) is 13.6 Å². The van der Waals surface area contributed by atoms with E-state index in [1.807, 2.05) is 13.0 Å². The molecule has 80 valence electrons. The molecule has 0 N–H and O–H groups in total. The summed E-state index contributed by atoms with van der Waals surface area (Å²) in [5.74, 6) is 0. The third kappa shape index (κ3) is 1.80. The number of hydrogen-bond acceptors (Lipinski definition) is 2. The fourth-order valence-corrected chi connectivity index (χ4v) is 2.52. The van der Waals surface area contributed by atoms with Gasteiger partial charge in [0.25, 0.3) is 0 Å². The summed E-state index contributed by atoms with van der Waals surface area (Å²) < 4.78 is 0. The summed E-state index contributed by atoms with van der Waals surface area (Å²) in [6.45, 7) is 3.96. The second-order valence-electron chi connectivity index (χ2n) is 4.14. The first kappa shape index (κ1) is 10.7. The van der Waals surface area contributed by atoms with Gasteiger partial charge in [0.1, 0.15) is 0 Å². The predicted octanol–water partition coefficient (Wildman–Crippen LogP) is 2.45. The summed E-state index contributed by atoms with van der Waals surface area (Å²) >= 11 is 6.06. The number of likely N-dealkylation sites (N-methyl/N-ethyl adjacent to an activating group) is 1. The molecule has 0 aromatic heterocycles. The molecule has 2 rings (SSSR count). The van der Waals surface area contributed by atoms with Crippen LogP contribution >= 0.6 is 11.6 Å². The van der Waals surface area contributed by atoms with Crippen molar-refractivity contribution in [1.82, 2.24) is 4.90 Å². The zero-order valence-electron chi connectivity index (χ0n) is 9.01. The molecule has 1 aliphatic heterocycles. The molecule has 2 nitrogen and oxygen atoms in total. The number of benzene rings is 1. The molecule has 15 heavy (non-hydrogen) atoms. The molecular weight excluding hydrogens is 210 g/mol. The number of rotatable bonds is 1. The number of aldehydes is 1. The van der Waals surface area contributed by atoms with Crippen molar-refractivity contribution < 1.29 is 4.79 Å². The van der Waals surface area contributed by atoms with Crippen LogP contribution in [0.25, 0.3) is 0 Å². The van der Waals surface area contributed by atoms with Crippen LogP contribution in [-0.2, 0) is 13.0 Å². The lowest BCUT2D eigenvalue weighted by Gasteiger charge is -2.27. The second kappa shape index (κ2) is 3.95. The molecule has 1 aliphatic rings. The van der Waals surface area contributed by atoms with Gasteiger partial charge in [0.2, 0.25) is 0 Å². The van der Waals surface area contributed by atoms with Crippen LogP contribution in [0.2, 0.25) is 5.02 Å². The maximum Gasteiger partial charge on any atom is 0.151 e. The van der Waals surface area contributed by atoms with Gasteiger partial charge in [0.05, 0.1) is 5.02 Å². The fraction of sp³-hybridized carbons (Fsp3) is 0.417. The standard InChI is InChI=1S/C12H14ClNO/c1-8-10-3-4-14(2)6-9(10)5-12(13)11(8)7-15/h5,7H,3-4,6H2,1-2H3. The van der Waals surface area contributed by atoms with E-state index >= 15 is 0 Å². The van der Waals surface area contributed by atoms with Gasteiger partial charge in [-0.15, -0.1) is 0 Å². The molecule has 0 unspecified atom stereocenters. The minimum absolute atomic E-state index is 0.580. The Morgan fingerprint density at radius 1 is 1.53 bits per heavy atom. The minimum atomic E-state index is 0.580. The van der Waals surface area contributed by atoms with Gasteiger partial charge in [-0.05, 0) is 43.1 Å². The van der Waals surface area contributed by atoms with Gasteiger partial charge in [0, 0.05) is 18.7 Å². The number of carbonyl (C=O) groups excluding carboxylic acids is 1. The number of nitrogens with zero attached hydrogens (tertiary/aromatic N) is 1. The van der Waals surface area contributed by atoms with Crippen molar-refractivity contribution in [3.8, 4) is 0 Å². The Hall–Kier alpha value is -0.860. The van der Waals surface area contributed by atoms with Gasteiger partial charge in [0.15, 0.2) is 6.29 Å². The molecule has 1 aromatic rings. The smallest absolute Gasteiger partial charge is 0.151 e. The number of halogens is 1. The van der Waals surface area contributed by atoms with Crippen LogP contribution in [0, 0.1) is 6.92 Å². The van der Waals surface area contributed by atoms with Crippen molar-refractivity contribution in [1.29, 1.82) is 0 Å². The SMILES string of the molecule is Cc1c(C=O)c(Cl)cc2c1CCN(C)C2. The van der Waals surface area contributed by atoms with Crippen LogP contribution in [0.4, 0.5) is 0 Å². The van der Waals surface area contributed by atoms with Crippen molar-refractivity contribution in [3.63, 3.8) is 0 Å². The minimum Gasteiger partial charge on any atom is -0.302 e. The van der Waals surface area contributed by atoms with Crippen LogP contribution in [0.5, 0.6) is 0 Å². The van der Waals surface area contributed by atoms with Crippen molar-refractivity contribution in [3.05, 3.63) is 33.3 Å². The maximum atomic E-state index is 10.9. The molecule has 0 aliphatic carbocycles. The maximum absolute atomic E-state index is 10.9. The summed E-state index contributed by atoms with van der Waals surface area (Å²) in [4.78, 5) is 13.2. The Morgan fingerprint density at radius 3 is 2.93 bits per heavy atom. The first-order valence-electron chi connectivity index (χ1n) is 5.08. The molecule has 0 fully saturated rings. The molecule has 0 bridgehead atoms. The zero-order valence-corrected chi connectivity index (χ0v) is 9.77. The molecule has 3 heteroatoms. The van der Waals surface area contributed by atoms with Gasteiger partial charge in [-0.1, -0.05) is 11.6 Å². The number of carbonyl (C=O) groups is 1. The lowest BCUT2D eigenvalue weighted by atomic mass is 9.92. The molecule has 0 amide bonds. The van der Waals surface area contributed by atoms with Gasteiger partial charge < -0.3 is 4.90 Å². The topological polar surface area (TPSA) is 20.3 Å². The van der Waals surface area contributed by atoms with Crippen LogP contribution in [0.15, 0.2) is 6.07 Å². The van der Waals surface area contributed by atoms with E-state index < -0.39 is 0 Å². The quantitative estimate of drug-likeness (QED) is 0.682. The Balaban J connectivity index is 2.57. The van der Waals surface area contributed by atoms with Gasteiger partial charge >= 0.3 is 0 Å². The molecule has 0 saturated heterocycles. The van der Waals surface area contributed by atoms with E-state index in [9.17, 15) is 4.79 Å². The fourth-order valence-electron chi connectivity index (χ4n) is 2.21. The predicted molar refractivity (Wildman–Crippen MR) is 61.6 cm³/mol. The highest BCUT2D eigenvalue weighted by Crippen LogP contribution is 2.29. The van der Waals surface area contributed by atoms with Crippen molar-refractivity contribution >= 4 is 17.9 Å². The largest absolute Gasteiger partial charge is 0.302 e. The van der Waals surface area contributed by atoms with Crippen LogP contribution in [-0.4, -0.2) is 24.8 Å². The summed E-state index contributed by atoms with van der Waals surface area (Å²) in [6.07, 6.45) is 1.87. The number of hydrogen-bond donors (Lipinski definition) is 0. The lowest BCUT2D eigenvalue weighted by molar-refractivity contribution is 0.112. The highest BCUT2D eigenvalue weighted by molar-refractivity contribution is 6.33. The van der Waals surface area contributed by atoms with E-state index in [1.165, 1.54) is 11.1 Å². The second-order valence-corrected chi connectivity index (χ2v) is 4.55. The molecule has 1 heterocycles. The first-order valence-corrected chi connectivity index (χ1v) is 5.46. The van der Waals surface area contributed by atoms with Crippen LogP contribution < -0.4 is 0 Å². The average molecular weight is 224 g/mol. The Kier molecular flexibility index (Phi) is 2.81. The number of fused-ring (bicyclic) bond motifs is 1. The van der Waals surface area contributed by atoms with Crippen molar-refractivity contribution in [2.24, 2.45) is 0 Å². The Bertz CT molecular complexity index is 415. The lowest BCUT2D eigenvalue weighted by Crippen LogP contribution is -2.27. The molecular formula is C12H14ClNO. The zero-order chi connectivity index (χ0) is 11.0. The van der Waals surface area contributed by atoms with E-state index in [0.717, 1.165) is 31.4 Å². The summed E-state index contributed by atoms with van der Waals surface area (Å²) in [5.41, 5.74) is 4.28. The monoisotopic (exact) mass is 223 g/mol.